The van der Waals surface area contributed by atoms with Gasteiger partial charge >= 0.3 is 5.63 Å². The van der Waals surface area contributed by atoms with Crippen molar-refractivity contribution < 1.29 is 23.8 Å². The van der Waals surface area contributed by atoms with Crippen molar-refractivity contribution in [2.24, 2.45) is 0 Å². The summed E-state index contributed by atoms with van der Waals surface area (Å²) in [7, 11) is 0. The first-order valence-electron chi connectivity index (χ1n) is 10.6. The molecule has 0 bridgehead atoms. The largest absolute Gasteiger partial charge is 0.548 e. The lowest BCUT2D eigenvalue weighted by molar-refractivity contribution is -0.308. The highest BCUT2D eigenvalue weighted by atomic mass is 16.5. The Kier molecular flexibility index (Phi) is 6.80. The maximum Gasteiger partial charge on any atom is 0.339 e. The summed E-state index contributed by atoms with van der Waals surface area (Å²) in [6.07, 6.45) is 4.48. The van der Waals surface area contributed by atoms with E-state index in [-0.39, 0.29) is 5.63 Å². The number of hydrogen-bond donors (Lipinski definition) is 1. The zero-order valence-electron chi connectivity index (χ0n) is 17.7. The molecule has 1 N–H and O–H groups in total. The van der Waals surface area contributed by atoms with Crippen LogP contribution in [0.15, 0.2) is 21.3 Å². The van der Waals surface area contributed by atoms with Crippen molar-refractivity contribution in [1.29, 1.82) is 0 Å². The Hall–Kier alpha value is -2.83. The zero-order valence-corrected chi connectivity index (χ0v) is 17.7. The molecule has 0 saturated carbocycles. The average Bonchev–Trinajstić information content (AvgIpc) is 2.73. The van der Waals surface area contributed by atoms with Gasteiger partial charge in [-0.3, -0.25) is 4.79 Å². The number of benzene rings is 1. The van der Waals surface area contributed by atoms with Crippen LogP contribution in [0.1, 0.15) is 62.6 Å². The second kappa shape index (κ2) is 9.32. The zero-order chi connectivity index (χ0) is 21.8. The number of carbonyl (C=O) groups excluding carboxylic acids is 2. The Morgan fingerprint density at radius 2 is 1.93 bits per heavy atom. The summed E-state index contributed by atoms with van der Waals surface area (Å²) in [4.78, 5) is 36.1. The minimum absolute atomic E-state index is 0.308. The van der Waals surface area contributed by atoms with Gasteiger partial charge in [0.05, 0.1) is 12.0 Å². The molecule has 1 aliphatic carbocycles. The number of rotatable bonds is 8. The number of aryl methyl sites for hydroxylation is 2. The molecule has 30 heavy (non-hydrogen) atoms. The molecule has 1 aromatic carbocycles. The Morgan fingerprint density at radius 1 is 1.23 bits per heavy atom. The third-order valence-electron chi connectivity index (χ3n) is 5.71. The molecule has 0 radical (unpaired) electrons. The van der Waals surface area contributed by atoms with Crippen molar-refractivity contribution in [1.82, 2.24) is 5.32 Å². The van der Waals surface area contributed by atoms with Crippen LogP contribution in [0.4, 0.5) is 0 Å². The summed E-state index contributed by atoms with van der Waals surface area (Å²) < 4.78 is 11.4. The van der Waals surface area contributed by atoms with Gasteiger partial charge in [0.1, 0.15) is 11.3 Å². The number of ether oxygens (including phenoxy) is 1. The van der Waals surface area contributed by atoms with E-state index in [1.165, 1.54) is 0 Å². The van der Waals surface area contributed by atoms with Crippen molar-refractivity contribution in [3.8, 4) is 5.75 Å². The Morgan fingerprint density at radius 3 is 2.60 bits per heavy atom. The third-order valence-corrected chi connectivity index (χ3v) is 5.71. The number of hydrogen-bond acceptors (Lipinski definition) is 6. The van der Waals surface area contributed by atoms with E-state index in [9.17, 15) is 19.5 Å². The monoisotopic (exact) mass is 414 g/mol. The second-order valence-electron chi connectivity index (χ2n) is 7.90. The molecule has 2 atom stereocenters. The smallest absolute Gasteiger partial charge is 0.339 e. The highest BCUT2D eigenvalue weighted by molar-refractivity contribution is 5.87. The van der Waals surface area contributed by atoms with E-state index in [4.69, 9.17) is 9.15 Å². The molecular formula is C23H28NO6-. The van der Waals surface area contributed by atoms with E-state index in [1.54, 1.807) is 19.9 Å². The van der Waals surface area contributed by atoms with Crippen LogP contribution in [0.5, 0.6) is 5.75 Å². The van der Waals surface area contributed by atoms with E-state index in [1.807, 2.05) is 13.0 Å². The van der Waals surface area contributed by atoms with Gasteiger partial charge in [0.25, 0.3) is 5.91 Å². The first-order chi connectivity index (χ1) is 14.3. The summed E-state index contributed by atoms with van der Waals surface area (Å²) in [5.41, 5.74) is 2.60. The van der Waals surface area contributed by atoms with Gasteiger partial charge in [-0.1, -0.05) is 19.8 Å². The average molecular weight is 414 g/mol. The van der Waals surface area contributed by atoms with Crippen molar-refractivity contribution in [2.75, 3.05) is 0 Å². The highest BCUT2D eigenvalue weighted by Gasteiger charge is 2.23. The fourth-order valence-corrected chi connectivity index (χ4v) is 3.94. The number of amides is 1. The lowest BCUT2D eigenvalue weighted by Crippen LogP contribution is -2.51. The second-order valence-corrected chi connectivity index (χ2v) is 7.90. The van der Waals surface area contributed by atoms with Crippen LogP contribution in [-0.2, 0) is 22.4 Å². The predicted molar refractivity (Wildman–Crippen MR) is 110 cm³/mol. The van der Waals surface area contributed by atoms with Gasteiger partial charge in [0.15, 0.2) is 6.10 Å². The van der Waals surface area contributed by atoms with Crippen LogP contribution < -0.4 is 20.8 Å². The van der Waals surface area contributed by atoms with Gasteiger partial charge in [-0.2, -0.15) is 0 Å². The van der Waals surface area contributed by atoms with E-state index >= 15 is 0 Å². The first kappa shape index (κ1) is 21.9. The number of carboxylic acids is 1. The molecule has 7 heteroatoms. The molecule has 1 amide bonds. The molecular weight excluding hydrogens is 386 g/mol. The minimum Gasteiger partial charge on any atom is -0.548 e. The van der Waals surface area contributed by atoms with Crippen LogP contribution in [0.2, 0.25) is 0 Å². The Labute approximate surface area is 175 Å². The van der Waals surface area contributed by atoms with Crippen LogP contribution in [0.25, 0.3) is 11.0 Å². The number of carboxylic acid groups (broad SMARTS) is 1. The van der Waals surface area contributed by atoms with Gasteiger partial charge < -0.3 is 24.4 Å². The summed E-state index contributed by atoms with van der Waals surface area (Å²) in [6, 6.07) is 2.58. The Bertz CT molecular complexity index is 1010. The third kappa shape index (κ3) is 4.50. The molecule has 0 fully saturated rings. The molecule has 0 saturated heterocycles. The number of aliphatic carboxylic acids is 1. The number of unbranched alkanes of at least 4 members (excludes halogenated alkanes) is 1. The molecule has 1 aromatic heterocycles. The summed E-state index contributed by atoms with van der Waals surface area (Å²) in [5, 5.41) is 14.6. The normalized spacial score (nSPS) is 15.3. The molecule has 0 aliphatic heterocycles. The standard InChI is InChI=1S/C23H29NO6/c1-4-5-10-18(22(26)27)24-21(25)14(3)29-19-12-11-16-15-8-6-7-9-17(15)23(28)30-20(16)13(19)2/h11-12,14,18H,4-10H2,1-3H3,(H,24,25)(H,26,27)/p-1/t14-,18+/m1/s1. The van der Waals surface area contributed by atoms with Gasteiger partial charge in [0.2, 0.25) is 0 Å². The molecule has 3 rings (SSSR count). The summed E-state index contributed by atoms with van der Waals surface area (Å²) in [5.74, 6) is -1.42. The summed E-state index contributed by atoms with van der Waals surface area (Å²) >= 11 is 0. The number of carbonyl (C=O) groups is 2. The quantitative estimate of drug-likeness (QED) is 0.663. The molecule has 0 spiro atoms. The van der Waals surface area contributed by atoms with Crippen LogP contribution in [0.3, 0.4) is 0 Å². The van der Waals surface area contributed by atoms with Gasteiger partial charge in [0, 0.05) is 16.5 Å². The maximum atomic E-state index is 12.4. The topological polar surface area (TPSA) is 109 Å². The van der Waals surface area contributed by atoms with Crippen molar-refractivity contribution >= 4 is 22.8 Å². The summed E-state index contributed by atoms with van der Waals surface area (Å²) in [6.45, 7) is 5.28. The van der Waals surface area contributed by atoms with Gasteiger partial charge in [-0.15, -0.1) is 0 Å². The van der Waals surface area contributed by atoms with Gasteiger partial charge in [-0.25, -0.2) is 4.79 Å². The maximum absolute atomic E-state index is 12.4. The van der Waals surface area contributed by atoms with E-state index in [0.717, 1.165) is 48.6 Å². The van der Waals surface area contributed by atoms with Crippen LogP contribution >= 0.6 is 0 Å². The minimum atomic E-state index is -1.31. The lowest BCUT2D eigenvalue weighted by Gasteiger charge is -2.23. The molecule has 162 valence electrons. The first-order valence-corrected chi connectivity index (χ1v) is 10.6. The fourth-order valence-electron chi connectivity index (χ4n) is 3.94. The molecule has 0 unspecified atom stereocenters. The fraction of sp³-hybridized carbons (Fsp3) is 0.522. The van der Waals surface area contributed by atoms with Crippen LogP contribution in [-0.4, -0.2) is 24.0 Å². The lowest BCUT2D eigenvalue weighted by atomic mass is 9.90. The highest BCUT2D eigenvalue weighted by Crippen LogP contribution is 2.32. The molecule has 2 aromatic rings. The predicted octanol–water partition coefficient (Wildman–Crippen LogP) is 2.17. The van der Waals surface area contributed by atoms with Gasteiger partial charge in [-0.05, 0) is 63.6 Å². The molecule has 1 heterocycles. The van der Waals surface area contributed by atoms with E-state index in [2.05, 4.69) is 5.32 Å². The van der Waals surface area contributed by atoms with Crippen molar-refractivity contribution in [3.63, 3.8) is 0 Å². The number of nitrogens with one attached hydrogen (secondary N) is 1. The van der Waals surface area contributed by atoms with E-state index in [0.29, 0.717) is 29.7 Å². The SMILES string of the molecule is CCCC[C@H](NC(=O)[C@@H](C)Oc1ccc2c3c(c(=O)oc2c1C)CCCC3)C(=O)[O-]. The van der Waals surface area contributed by atoms with Crippen molar-refractivity contribution in [3.05, 3.63) is 39.2 Å². The Balaban J connectivity index is 1.81. The molecule has 1 aliphatic rings. The number of fused-ring (bicyclic) bond motifs is 3. The molecule has 7 nitrogen and oxygen atoms in total. The van der Waals surface area contributed by atoms with Crippen molar-refractivity contribution in [2.45, 2.75) is 77.9 Å². The van der Waals surface area contributed by atoms with Crippen LogP contribution in [0, 0.1) is 6.92 Å². The van der Waals surface area contributed by atoms with E-state index < -0.39 is 24.0 Å².